The number of rotatable bonds is 13. The molecule has 2 saturated heterocycles. The van der Waals surface area contributed by atoms with Crippen molar-refractivity contribution in [3.63, 3.8) is 0 Å². The average molecular weight is 1590 g/mol. The second kappa shape index (κ2) is 37.9. The smallest absolute Gasteiger partial charge is 0.377 e. The van der Waals surface area contributed by atoms with E-state index in [9.17, 15) is 68.3 Å². The summed E-state index contributed by atoms with van der Waals surface area (Å²) < 4.78 is 166. The van der Waals surface area contributed by atoms with Gasteiger partial charge in [-0.15, -0.1) is 0 Å². The van der Waals surface area contributed by atoms with Crippen LogP contribution in [0.25, 0.3) is 0 Å². The largest absolute Gasteiger partial charge is 0.397 e. The standard InChI is InChI=1S/C74H111F11N12O13/c1-12-42(4)60-68(107)91(7)41-58(100)92(8)51-23-16-15-19-32-96(67(51)106)54(35-43-24-27-46(28-25-43)73(80,81)82)66(105)90(6)40-56(98)86-50(29-26-44-33-48(75)59(49(76)34-44)74(83,84)85)64(103)97-39-47(110-14-3)36-52(97)63(102)88-71(30-20-31-71)70(109)95(11)61(45-21-17-18-22-45)69(108)94(10)53(65(104)89(5)13-2)37-57(99)93(9)55(62(101)87-60)38-72(77,78)79/h15-16,42-55,59-61H,12-14,17-41H2,1-11H3,(H,86,98)(H,87,101)(H,88,102)/b16-15-/t42-,43?,44?,46?,47+,48?,49?,50-,51-,52-,53-,54-,55-,59?,60-,61-/m0/s1. The molecule has 0 aromatic heterocycles. The molecule has 12 amide bonds. The summed E-state index contributed by atoms with van der Waals surface area (Å²) in [5.41, 5.74) is -1.79. The first kappa shape index (κ1) is 89.8. The van der Waals surface area contributed by atoms with Gasteiger partial charge in [0.25, 0.3) is 0 Å². The Bertz CT molecular complexity index is 3300. The van der Waals surface area contributed by atoms with Crippen LogP contribution in [0.3, 0.4) is 0 Å². The first-order valence-electron chi connectivity index (χ1n) is 38.5. The summed E-state index contributed by atoms with van der Waals surface area (Å²) >= 11 is 0. The van der Waals surface area contributed by atoms with Crippen LogP contribution in [0.5, 0.6) is 0 Å². The highest BCUT2D eigenvalue weighted by molar-refractivity contribution is 6.01. The zero-order valence-electron chi connectivity index (χ0n) is 64.8. The van der Waals surface area contributed by atoms with Crippen LogP contribution in [0.1, 0.15) is 169 Å². The van der Waals surface area contributed by atoms with Gasteiger partial charge in [-0.2, -0.15) is 39.5 Å². The normalized spacial score (nSPS) is 31.7. The number of hydrogen-bond acceptors (Lipinski definition) is 13. The van der Waals surface area contributed by atoms with Crippen LogP contribution in [-0.4, -0.2) is 294 Å². The fourth-order valence-corrected chi connectivity index (χ4v) is 16.9. The summed E-state index contributed by atoms with van der Waals surface area (Å²) in [6.45, 7) is 3.97. The van der Waals surface area contributed by atoms with Gasteiger partial charge in [-0.1, -0.05) is 45.3 Å². The molecule has 3 N–H and O–H groups in total. The van der Waals surface area contributed by atoms with E-state index in [0.717, 1.165) is 60.3 Å². The number of carbonyl (C=O) groups excluding carboxylic acids is 12. The molecule has 4 saturated carbocycles. The van der Waals surface area contributed by atoms with Gasteiger partial charge >= 0.3 is 18.5 Å². The highest BCUT2D eigenvalue weighted by atomic mass is 19.4. The van der Waals surface area contributed by atoms with Crippen LogP contribution < -0.4 is 16.0 Å². The highest BCUT2D eigenvalue weighted by Gasteiger charge is 2.57. The topological polar surface area (TPSA) is 279 Å². The second-order valence-electron chi connectivity index (χ2n) is 31.5. The maximum absolute atomic E-state index is 15.5. The van der Waals surface area contributed by atoms with Crippen LogP contribution >= 0.6 is 0 Å². The number of fused-ring (bicyclic) bond motifs is 3. The third kappa shape index (κ3) is 21.9. The van der Waals surface area contributed by atoms with E-state index < -0.39 is 242 Å². The van der Waals surface area contributed by atoms with Crippen LogP contribution in [-0.2, 0) is 62.3 Å². The molecule has 0 radical (unpaired) electrons. The Labute approximate surface area is 635 Å². The maximum atomic E-state index is 15.5. The van der Waals surface area contributed by atoms with Crippen molar-refractivity contribution < 1.29 is 111 Å². The molecule has 6 fully saturated rings. The molecule has 25 nitrogen and oxygen atoms in total. The first-order valence-corrected chi connectivity index (χ1v) is 38.5. The van der Waals surface area contributed by atoms with Crippen LogP contribution in [0.4, 0.5) is 48.3 Å². The number of ether oxygens (including phenoxy) is 1. The molecular weight excluding hydrogens is 1470 g/mol. The van der Waals surface area contributed by atoms with Gasteiger partial charge in [0.1, 0.15) is 72.1 Å². The molecule has 4 aliphatic carbocycles. The second-order valence-corrected chi connectivity index (χ2v) is 31.5. The van der Waals surface area contributed by atoms with Crippen molar-refractivity contribution in [3.8, 4) is 0 Å². The van der Waals surface area contributed by atoms with Crippen molar-refractivity contribution in [2.75, 3.05) is 88.7 Å². The lowest BCUT2D eigenvalue weighted by atomic mass is 9.74. The van der Waals surface area contributed by atoms with E-state index in [1.165, 1.54) is 35.1 Å². The highest BCUT2D eigenvalue weighted by Crippen LogP contribution is 2.46. The predicted octanol–water partition coefficient (Wildman–Crippen LogP) is 6.65. The van der Waals surface area contributed by atoms with Crippen molar-refractivity contribution in [2.24, 2.45) is 35.5 Å². The molecule has 3 heterocycles. The molecule has 1 spiro atoms. The molecule has 622 valence electrons. The molecule has 12 atom stereocenters. The number of hydrogen-bond donors (Lipinski definition) is 3. The van der Waals surface area contributed by atoms with Crippen molar-refractivity contribution >= 4 is 70.9 Å². The lowest BCUT2D eigenvalue weighted by molar-refractivity contribution is -0.219. The van der Waals surface area contributed by atoms with E-state index >= 15 is 37.5 Å². The van der Waals surface area contributed by atoms with Gasteiger partial charge in [0, 0.05) is 82.0 Å². The van der Waals surface area contributed by atoms with E-state index in [0.29, 0.717) is 37.0 Å². The van der Waals surface area contributed by atoms with Crippen LogP contribution in [0, 0.1) is 35.5 Å². The quantitative estimate of drug-likeness (QED) is 0.129. The summed E-state index contributed by atoms with van der Waals surface area (Å²) in [5, 5.41) is 7.82. The lowest BCUT2D eigenvalue weighted by Crippen LogP contribution is -2.68. The number of nitrogens with one attached hydrogen (secondary N) is 3. The fourth-order valence-electron chi connectivity index (χ4n) is 16.9. The molecule has 36 heteroatoms. The van der Waals surface area contributed by atoms with Gasteiger partial charge in [0.15, 0.2) is 0 Å². The Morgan fingerprint density at radius 2 is 1.25 bits per heavy atom. The Morgan fingerprint density at radius 1 is 0.636 bits per heavy atom. The van der Waals surface area contributed by atoms with E-state index in [-0.39, 0.29) is 103 Å². The number of likely N-dealkylation sites (N-methyl/N-ethyl adjacent to an activating group) is 7. The predicted molar refractivity (Wildman–Crippen MR) is 377 cm³/mol. The summed E-state index contributed by atoms with van der Waals surface area (Å²) in [6.07, 6.45) is -22.6. The number of nitrogens with zero attached hydrogens (tertiary/aromatic N) is 9. The third-order valence-corrected chi connectivity index (χ3v) is 24.0. The maximum Gasteiger partial charge on any atom is 0.397 e. The van der Waals surface area contributed by atoms with Gasteiger partial charge in [0.2, 0.25) is 70.9 Å². The minimum absolute atomic E-state index is 0.00708. The van der Waals surface area contributed by atoms with Crippen molar-refractivity contribution in [1.29, 1.82) is 0 Å². The Hall–Kier alpha value is -7.43. The van der Waals surface area contributed by atoms with E-state index in [4.69, 9.17) is 4.74 Å². The molecule has 2 unspecified atom stereocenters. The van der Waals surface area contributed by atoms with Crippen LogP contribution in [0.2, 0.25) is 0 Å². The van der Waals surface area contributed by atoms with Crippen LogP contribution in [0.15, 0.2) is 12.2 Å². The van der Waals surface area contributed by atoms with Crippen molar-refractivity contribution in [1.82, 2.24) is 60.0 Å². The average Bonchev–Trinajstić information content (AvgIpc) is 1.20. The van der Waals surface area contributed by atoms with E-state index in [1.807, 2.05) is 0 Å². The van der Waals surface area contributed by atoms with Gasteiger partial charge in [-0.3, -0.25) is 57.5 Å². The van der Waals surface area contributed by atoms with E-state index in [2.05, 4.69) is 16.0 Å². The summed E-state index contributed by atoms with van der Waals surface area (Å²) in [6, 6.07) is -13.7. The summed E-state index contributed by atoms with van der Waals surface area (Å²) in [4.78, 5) is 189. The number of amides is 12. The van der Waals surface area contributed by atoms with Gasteiger partial charge < -0.3 is 64.8 Å². The molecular formula is C74H111F11N12O13. The SMILES string of the molecule is CCO[C@@H]1C[C@H]2C(=O)NC3(CCC3)C(=O)N(C)[C@@H](C3CCCC3)C(=O)N(C)[C@H](C(=O)N(C)CC)CC(=O)N(C)[C@@H](CC(F)(F)F)C(=O)N[C@@H]([C@@H](C)CC)C(=O)N(C)CC(=O)N(C)[C@H]3C/C=C\CCN(C3=O)[C@@H](CC3CCC(C(F)(F)F)CC3)C(=O)N(C)CC(=O)N[C@@H](CCC3CC(F)C(C(F)(F)F)C(F)C3)C(=O)N2C1. The minimum Gasteiger partial charge on any atom is -0.377 e. The fraction of sp³-hybridized carbons (Fsp3) is 0.811. The van der Waals surface area contributed by atoms with E-state index in [1.54, 1.807) is 32.9 Å². The first-order chi connectivity index (χ1) is 51.4. The molecule has 7 rings (SSSR count). The Balaban J connectivity index is 1.34. The van der Waals surface area contributed by atoms with Gasteiger partial charge in [0.05, 0.1) is 38.0 Å². The van der Waals surface area contributed by atoms with Crippen molar-refractivity contribution in [2.45, 2.75) is 260 Å². The zero-order chi connectivity index (χ0) is 82.0. The number of halogens is 11. The summed E-state index contributed by atoms with van der Waals surface area (Å²) in [7, 11) is 8.25. The third-order valence-electron chi connectivity index (χ3n) is 24.0. The van der Waals surface area contributed by atoms with Gasteiger partial charge in [-0.05, 0) is 140 Å². The minimum atomic E-state index is -5.24. The molecule has 0 aromatic carbocycles. The molecule has 0 aromatic rings. The monoisotopic (exact) mass is 1580 g/mol. The molecule has 7 aliphatic rings. The Kier molecular flexibility index (Phi) is 31.0. The molecule has 3 aliphatic heterocycles. The molecule has 2 bridgehead atoms. The number of carbonyl (C=O) groups is 12. The summed E-state index contributed by atoms with van der Waals surface area (Å²) in [5.74, 6) is -19.8. The lowest BCUT2D eigenvalue weighted by Gasteiger charge is -2.46. The van der Waals surface area contributed by atoms with Gasteiger partial charge in [-0.25, -0.2) is 8.78 Å². The number of alkyl halides is 11. The molecule has 110 heavy (non-hydrogen) atoms. The Morgan fingerprint density at radius 3 is 1.81 bits per heavy atom. The zero-order valence-corrected chi connectivity index (χ0v) is 64.8. The van der Waals surface area contributed by atoms with Crippen molar-refractivity contribution in [3.05, 3.63) is 12.2 Å².